The van der Waals surface area contributed by atoms with Gasteiger partial charge in [-0.3, -0.25) is 9.45 Å². The molecule has 0 atom stereocenters. The molecule has 100 valence electrons. The fourth-order valence-corrected chi connectivity index (χ4v) is 2.24. The fraction of sp³-hybridized carbons (Fsp3) is 0.455. The molecule has 0 aliphatic carbocycles. The van der Waals surface area contributed by atoms with E-state index in [1.54, 1.807) is 12.1 Å². The molecule has 1 fully saturated rings. The maximum Gasteiger partial charge on any atom is 0.294 e. The first-order chi connectivity index (χ1) is 8.47. The van der Waals surface area contributed by atoms with Crippen LogP contribution in [-0.2, 0) is 14.9 Å². The SMILES string of the molecule is CN1CCN(c2ccc(S(=O)(=O)O)cc2)COC1. The van der Waals surface area contributed by atoms with Gasteiger partial charge < -0.3 is 9.64 Å². The normalized spacial score (nSPS) is 18.7. The molecule has 18 heavy (non-hydrogen) atoms. The maximum absolute atomic E-state index is 10.9. The second-order valence-electron chi connectivity index (χ2n) is 4.27. The van der Waals surface area contributed by atoms with E-state index in [4.69, 9.17) is 9.29 Å². The van der Waals surface area contributed by atoms with Gasteiger partial charge in [-0.25, -0.2) is 0 Å². The number of benzene rings is 1. The zero-order valence-corrected chi connectivity index (χ0v) is 10.9. The van der Waals surface area contributed by atoms with Crippen LogP contribution in [-0.4, -0.2) is 51.5 Å². The van der Waals surface area contributed by atoms with Crippen molar-refractivity contribution in [1.82, 2.24) is 4.90 Å². The summed E-state index contributed by atoms with van der Waals surface area (Å²) in [6, 6.07) is 6.11. The van der Waals surface area contributed by atoms with Gasteiger partial charge in [0, 0.05) is 18.8 Å². The first-order valence-corrected chi connectivity index (χ1v) is 6.99. The van der Waals surface area contributed by atoms with E-state index in [-0.39, 0.29) is 4.90 Å². The summed E-state index contributed by atoms with van der Waals surface area (Å²) in [6.07, 6.45) is 0. The predicted octanol–water partition coefficient (Wildman–Crippen LogP) is 0.617. The molecule has 1 heterocycles. The lowest BCUT2D eigenvalue weighted by Crippen LogP contribution is -2.28. The summed E-state index contributed by atoms with van der Waals surface area (Å²) in [5, 5.41) is 0. The Hall–Kier alpha value is -1.15. The lowest BCUT2D eigenvalue weighted by Gasteiger charge is -2.21. The number of ether oxygens (including phenoxy) is 1. The third kappa shape index (κ3) is 3.20. The van der Waals surface area contributed by atoms with Crippen molar-refractivity contribution >= 4 is 15.8 Å². The molecule has 1 N–H and O–H groups in total. The van der Waals surface area contributed by atoms with Gasteiger partial charge in [0.15, 0.2) is 0 Å². The van der Waals surface area contributed by atoms with Crippen molar-refractivity contribution in [2.45, 2.75) is 4.90 Å². The molecule has 0 amide bonds. The Morgan fingerprint density at radius 2 is 1.83 bits per heavy atom. The van der Waals surface area contributed by atoms with Gasteiger partial charge in [-0.05, 0) is 31.3 Å². The molecule has 0 saturated carbocycles. The molecule has 1 aliphatic rings. The Bertz CT molecular complexity index is 500. The molecule has 0 spiro atoms. The number of likely N-dealkylation sites (N-methyl/N-ethyl adjacent to an activating group) is 1. The van der Waals surface area contributed by atoms with Gasteiger partial charge in [0.05, 0.1) is 4.90 Å². The number of anilines is 1. The number of hydrogen-bond acceptors (Lipinski definition) is 5. The smallest absolute Gasteiger partial charge is 0.294 e. The number of rotatable bonds is 2. The van der Waals surface area contributed by atoms with Crippen LogP contribution in [0.1, 0.15) is 0 Å². The van der Waals surface area contributed by atoms with Crippen LogP contribution in [0.4, 0.5) is 5.69 Å². The molecule has 1 aliphatic heterocycles. The molecule has 1 saturated heterocycles. The number of nitrogens with zero attached hydrogens (tertiary/aromatic N) is 2. The van der Waals surface area contributed by atoms with Crippen LogP contribution in [0.25, 0.3) is 0 Å². The molecular weight excluding hydrogens is 256 g/mol. The quantitative estimate of drug-likeness (QED) is 0.796. The minimum Gasteiger partial charge on any atom is -0.347 e. The van der Waals surface area contributed by atoms with Gasteiger partial charge >= 0.3 is 0 Å². The lowest BCUT2D eigenvalue weighted by molar-refractivity contribution is 0.0653. The van der Waals surface area contributed by atoms with Crippen molar-refractivity contribution in [3.05, 3.63) is 24.3 Å². The summed E-state index contributed by atoms with van der Waals surface area (Å²) >= 11 is 0. The highest BCUT2D eigenvalue weighted by atomic mass is 32.2. The van der Waals surface area contributed by atoms with Gasteiger partial charge in [0.1, 0.15) is 13.5 Å². The van der Waals surface area contributed by atoms with Crippen molar-refractivity contribution in [3.8, 4) is 0 Å². The Labute approximate surface area is 107 Å². The topological polar surface area (TPSA) is 70.1 Å². The molecule has 0 radical (unpaired) electrons. The first kappa shape index (κ1) is 13.3. The highest BCUT2D eigenvalue weighted by Gasteiger charge is 2.14. The summed E-state index contributed by atoms with van der Waals surface area (Å²) in [7, 11) is -2.15. The molecule has 0 aromatic heterocycles. The largest absolute Gasteiger partial charge is 0.347 e. The molecule has 0 bridgehead atoms. The van der Waals surface area contributed by atoms with Crippen LogP contribution in [0, 0.1) is 0 Å². The summed E-state index contributed by atoms with van der Waals surface area (Å²) in [5.41, 5.74) is 0.873. The Morgan fingerprint density at radius 1 is 1.17 bits per heavy atom. The zero-order chi connectivity index (χ0) is 13.2. The van der Waals surface area contributed by atoms with Crippen molar-refractivity contribution in [2.75, 3.05) is 38.5 Å². The third-order valence-electron chi connectivity index (χ3n) is 2.81. The lowest BCUT2D eigenvalue weighted by atomic mass is 10.3. The van der Waals surface area contributed by atoms with Crippen molar-refractivity contribution in [2.24, 2.45) is 0 Å². The van der Waals surface area contributed by atoms with Crippen LogP contribution in [0.15, 0.2) is 29.2 Å². The second kappa shape index (κ2) is 5.23. The second-order valence-corrected chi connectivity index (χ2v) is 5.70. The van der Waals surface area contributed by atoms with Crippen LogP contribution in [0.2, 0.25) is 0 Å². The maximum atomic E-state index is 10.9. The van der Waals surface area contributed by atoms with Crippen molar-refractivity contribution in [1.29, 1.82) is 0 Å². The highest BCUT2D eigenvalue weighted by Crippen LogP contribution is 2.18. The summed E-state index contributed by atoms with van der Waals surface area (Å²) in [4.78, 5) is 3.98. The van der Waals surface area contributed by atoms with E-state index in [1.165, 1.54) is 12.1 Å². The minimum absolute atomic E-state index is 0.0980. The van der Waals surface area contributed by atoms with E-state index < -0.39 is 10.1 Å². The Kier molecular flexibility index (Phi) is 3.86. The van der Waals surface area contributed by atoms with Gasteiger partial charge in [0.25, 0.3) is 10.1 Å². The summed E-state index contributed by atoms with van der Waals surface area (Å²) in [5.74, 6) is 0. The number of hydrogen-bond donors (Lipinski definition) is 1. The summed E-state index contributed by atoms with van der Waals surface area (Å²) in [6.45, 7) is 2.73. The van der Waals surface area contributed by atoms with E-state index in [0.717, 1.165) is 18.8 Å². The van der Waals surface area contributed by atoms with Crippen LogP contribution < -0.4 is 4.90 Å². The van der Waals surface area contributed by atoms with Crippen molar-refractivity contribution in [3.63, 3.8) is 0 Å². The average molecular weight is 272 g/mol. The molecule has 6 nitrogen and oxygen atoms in total. The van der Waals surface area contributed by atoms with E-state index in [9.17, 15) is 8.42 Å². The van der Waals surface area contributed by atoms with Crippen LogP contribution >= 0.6 is 0 Å². The van der Waals surface area contributed by atoms with Crippen molar-refractivity contribution < 1.29 is 17.7 Å². The summed E-state index contributed by atoms with van der Waals surface area (Å²) < 4.78 is 36.2. The highest BCUT2D eigenvalue weighted by molar-refractivity contribution is 7.85. The average Bonchev–Trinajstić information content (AvgIpc) is 2.53. The van der Waals surface area contributed by atoms with Gasteiger partial charge in [-0.2, -0.15) is 8.42 Å². The van der Waals surface area contributed by atoms with Crippen LogP contribution in [0.5, 0.6) is 0 Å². The van der Waals surface area contributed by atoms with E-state index in [2.05, 4.69) is 4.90 Å². The minimum atomic E-state index is -4.12. The standard InChI is InChI=1S/C11H16N2O4S/c1-12-6-7-13(9-17-8-12)10-2-4-11(5-3-10)18(14,15)16/h2-5H,6-9H2,1H3,(H,14,15,16). The first-order valence-electron chi connectivity index (χ1n) is 5.55. The predicted molar refractivity (Wildman–Crippen MR) is 67.1 cm³/mol. The van der Waals surface area contributed by atoms with E-state index in [1.807, 2.05) is 11.9 Å². The molecule has 1 aromatic rings. The Morgan fingerprint density at radius 3 is 2.44 bits per heavy atom. The molecule has 2 rings (SSSR count). The zero-order valence-electron chi connectivity index (χ0n) is 10.1. The van der Waals surface area contributed by atoms with Gasteiger partial charge in [0.2, 0.25) is 0 Å². The molecule has 0 unspecified atom stereocenters. The molecule has 7 heteroatoms. The monoisotopic (exact) mass is 272 g/mol. The van der Waals surface area contributed by atoms with E-state index >= 15 is 0 Å². The fourth-order valence-electron chi connectivity index (χ4n) is 1.76. The van der Waals surface area contributed by atoms with E-state index in [0.29, 0.717) is 13.5 Å². The van der Waals surface area contributed by atoms with Gasteiger partial charge in [-0.1, -0.05) is 0 Å². The van der Waals surface area contributed by atoms with Gasteiger partial charge in [-0.15, -0.1) is 0 Å². The molecule has 1 aromatic carbocycles. The Balaban J connectivity index is 2.14. The third-order valence-corrected chi connectivity index (χ3v) is 3.68. The van der Waals surface area contributed by atoms with Crippen LogP contribution in [0.3, 0.4) is 0 Å². The molecular formula is C11H16N2O4S.